The van der Waals surface area contributed by atoms with Crippen LogP contribution in [0.4, 0.5) is 5.82 Å². The lowest BCUT2D eigenvalue weighted by molar-refractivity contribution is 0.0527. The summed E-state index contributed by atoms with van der Waals surface area (Å²) < 4.78 is 10.6. The molecule has 1 aliphatic rings. The molecule has 0 aromatic carbocycles. The zero-order valence-electron chi connectivity index (χ0n) is 11.9. The van der Waals surface area contributed by atoms with Crippen LogP contribution in [0.5, 0.6) is 0 Å². The van der Waals surface area contributed by atoms with Gasteiger partial charge in [0.05, 0.1) is 6.61 Å². The maximum absolute atomic E-state index is 11.8. The molecule has 0 aliphatic heterocycles. The molecule has 20 heavy (non-hydrogen) atoms. The number of anilines is 1. The summed E-state index contributed by atoms with van der Waals surface area (Å²) in [4.78, 5) is 15.9. The molecule has 1 aromatic rings. The Morgan fingerprint density at radius 2 is 2.35 bits per heavy atom. The number of hydrogen-bond acceptors (Lipinski definition) is 5. The third-order valence-corrected chi connectivity index (χ3v) is 3.11. The van der Waals surface area contributed by atoms with Gasteiger partial charge in [-0.2, -0.15) is 0 Å². The van der Waals surface area contributed by atoms with Gasteiger partial charge in [0, 0.05) is 26.0 Å². The Balaban J connectivity index is 1.72. The molecule has 0 atom stereocenters. The number of rotatable bonds is 9. The minimum absolute atomic E-state index is 0.340. The Labute approximate surface area is 119 Å². The van der Waals surface area contributed by atoms with E-state index < -0.39 is 0 Å². The normalized spacial score (nSPS) is 14.1. The molecule has 1 aliphatic carbocycles. The van der Waals surface area contributed by atoms with Crippen LogP contribution in [0, 0.1) is 5.92 Å². The fourth-order valence-corrected chi connectivity index (χ4v) is 1.84. The first kappa shape index (κ1) is 14.8. The molecule has 0 spiro atoms. The topological polar surface area (TPSA) is 60.5 Å². The zero-order chi connectivity index (χ0) is 14.2. The quantitative estimate of drug-likeness (QED) is 0.555. The molecule has 1 aromatic heterocycles. The van der Waals surface area contributed by atoms with Crippen molar-refractivity contribution in [1.29, 1.82) is 0 Å². The third kappa shape index (κ3) is 4.81. The number of carbonyl (C=O) groups excluding carboxylic acids is 1. The highest BCUT2D eigenvalue weighted by Gasteiger charge is 2.20. The van der Waals surface area contributed by atoms with Gasteiger partial charge in [-0.1, -0.05) is 0 Å². The molecule has 110 valence electrons. The SMILES string of the molecule is CCOC(=O)c1cccnc1NCCCOCC1CC1. The highest BCUT2D eigenvalue weighted by atomic mass is 16.5. The largest absolute Gasteiger partial charge is 0.462 e. The molecule has 1 N–H and O–H groups in total. The van der Waals surface area contributed by atoms with Gasteiger partial charge in [0.1, 0.15) is 11.4 Å². The van der Waals surface area contributed by atoms with Crippen molar-refractivity contribution in [2.75, 3.05) is 31.7 Å². The average molecular weight is 278 g/mol. The summed E-state index contributed by atoms with van der Waals surface area (Å²) in [6.45, 7) is 4.51. The van der Waals surface area contributed by atoms with E-state index in [1.54, 1.807) is 25.3 Å². The van der Waals surface area contributed by atoms with Crippen molar-refractivity contribution in [2.24, 2.45) is 5.92 Å². The van der Waals surface area contributed by atoms with E-state index in [4.69, 9.17) is 9.47 Å². The number of nitrogens with one attached hydrogen (secondary N) is 1. The summed E-state index contributed by atoms with van der Waals surface area (Å²) >= 11 is 0. The van der Waals surface area contributed by atoms with E-state index in [2.05, 4.69) is 10.3 Å². The Bertz CT molecular complexity index is 433. The van der Waals surface area contributed by atoms with Crippen LogP contribution in [0.2, 0.25) is 0 Å². The first-order valence-electron chi connectivity index (χ1n) is 7.25. The van der Waals surface area contributed by atoms with Gasteiger partial charge in [-0.15, -0.1) is 0 Å². The first-order chi connectivity index (χ1) is 9.81. The number of hydrogen-bond donors (Lipinski definition) is 1. The van der Waals surface area contributed by atoms with Crippen LogP contribution in [0.25, 0.3) is 0 Å². The molecule has 1 fully saturated rings. The van der Waals surface area contributed by atoms with Gasteiger partial charge in [-0.3, -0.25) is 0 Å². The van der Waals surface area contributed by atoms with Crippen LogP contribution >= 0.6 is 0 Å². The van der Waals surface area contributed by atoms with Crippen LogP contribution in [-0.2, 0) is 9.47 Å². The Hall–Kier alpha value is -1.62. The molecular weight excluding hydrogens is 256 g/mol. The number of pyridine rings is 1. The van der Waals surface area contributed by atoms with E-state index >= 15 is 0 Å². The van der Waals surface area contributed by atoms with Gasteiger partial charge < -0.3 is 14.8 Å². The maximum Gasteiger partial charge on any atom is 0.341 e. The Morgan fingerprint density at radius 1 is 1.50 bits per heavy atom. The van der Waals surface area contributed by atoms with Gasteiger partial charge in [-0.25, -0.2) is 9.78 Å². The molecule has 1 heterocycles. The maximum atomic E-state index is 11.8. The minimum Gasteiger partial charge on any atom is -0.462 e. The van der Waals surface area contributed by atoms with Gasteiger partial charge in [0.25, 0.3) is 0 Å². The molecule has 5 heteroatoms. The van der Waals surface area contributed by atoms with Gasteiger partial charge in [-0.05, 0) is 44.2 Å². The van der Waals surface area contributed by atoms with Crippen LogP contribution in [0.15, 0.2) is 18.3 Å². The Kier molecular flexibility index (Phi) is 5.80. The second kappa shape index (κ2) is 7.85. The average Bonchev–Trinajstić information content (AvgIpc) is 3.27. The lowest BCUT2D eigenvalue weighted by Gasteiger charge is -2.10. The highest BCUT2D eigenvalue weighted by molar-refractivity contribution is 5.94. The van der Waals surface area contributed by atoms with Crippen molar-refractivity contribution in [3.8, 4) is 0 Å². The van der Waals surface area contributed by atoms with Crippen molar-refractivity contribution >= 4 is 11.8 Å². The lowest BCUT2D eigenvalue weighted by atomic mass is 10.2. The molecule has 1 saturated carbocycles. The standard InChI is InChI=1S/C15H22N2O3/c1-2-20-15(18)13-5-3-8-16-14(13)17-9-4-10-19-11-12-6-7-12/h3,5,8,12H,2,4,6-7,9-11H2,1H3,(H,16,17). The lowest BCUT2D eigenvalue weighted by Crippen LogP contribution is -2.13. The number of nitrogens with zero attached hydrogens (tertiary/aromatic N) is 1. The minimum atomic E-state index is -0.340. The van der Waals surface area contributed by atoms with E-state index in [-0.39, 0.29) is 5.97 Å². The molecule has 0 radical (unpaired) electrons. The number of carbonyl (C=O) groups is 1. The number of esters is 1. The van der Waals surface area contributed by atoms with E-state index in [0.717, 1.165) is 32.1 Å². The van der Waals surface area contributed by atoms with E-state index in [1.807, 2.05) is 0 Å². The summed E-state index contributed by atoms with van der Waals surface area (Å²) in [5, 5.41) is 3.16. The van der Waals surface area contributed by atoms with Crippen LogP contribution in [-0.4, -0.2) is 37.3 Å². The van der Waals surface area contributed by atoms with Crippen molar-refractivity contribution < 1.29 is 14.3 Å². The predicted molar refractivity (Wildman–Crippen MR) is 76.8 cm³/mol. The molecule has 0 amide bonds. The predicted octanol–water partition coefficient (Wildman–Crippen LogP) is 2.49. The van der Waals surface area contributed by atoms with Crippen molar-refractivity contribution in [1.82, 2.24) is 4.98 Å². The molecule has 0 bridgehead atoms. The van der Waals surface area contributed by atoms with Crippen molar-refractivity contribution in [3.05, 3.63) is 23.9 Å². The van der Waals surface area contributed by atoms with E-state index in [1.165, 1.54) is 12.8 Å². The summed E-state index contributed by atoms with van der Waals surface area (Å²) in [5.41, 5.74) is 0.480. The summed E-state index contributed by atoms with van der Waals surface area (Å²) in [6, 6.07) is 3.45. The summed E-state index contributed by atoms with van der Waals surface area (Å²) in [5.74, 6) is 1.04. The van der Waals surface area contributed by atoms with Crippen LogP contribution in [0.1, 0.15) is 36.5 Å². The number of aromatic nitrogens is 1. The molecular formula is C15H22N2O3. The third-order valence-electron chi connectivity index (χ3n) is 3.11. The van der Waals surface area contributed by atoms with Gasteiger partial charge in [0.15, 0.2) is 0 Å². The molecule has 0 saturated heterocycles. The summed E-state index contributed by atoms with van der Waals surface area (Å²) in [6.07, 6.45) is 5.18. The highest BCUT2D eigenvalue weighted by Crippen LogP contribution is 2.28. The second-order valence-electron chi connectivity index (χ2n) is 4.92. The number of ether oxygens (including phenoxy) is 2. The molecule has 0 unspecified atom stereocenters. The Morgan fingerprint density at radius 3 is 3.10 bits per heavy atom. The van der Waals surface area contributed by atoms with Crippen LogP contribution in [0.3, 0.4) is 0 Å². The smallest absolute Gasteiger partial charge is 0.341 e. The molecule has 2 rings (SSSR count). The van der Waals surface area contributed by atoms with E-state index in [9.17, 15) is 4.79 Å². The zero-order valence-corrected chi connectivity index (χ0v) is 11.9. The van der Waals surface area contributed by atoms with Crippen molar-refractivity contribution in [3.63, 3.8) is 0 Å². The second-order valence-corrected chi connectivity index (χ2v) is 4.92. The van der Waals surface area contributed by atoms with Gasteiger partial charge >= 0.3 is 5.97 Å². The monoisotopic (exact) mass is 278 g/mol. The van der Waals surface area contributed by atoms with Crippen molar-refractivity contribution in [2.45, 2.75) is 26.2 Å². The summed E-state index contributed by atoms with van der Waals surface area (Å²) in [7, 11) is 0. The fraction of sp³-hybridized carbons (Fsp3) is 0.600. The van der Waals surface area contributed by atoms with Crippen LogP contribution < -0.4 is 5.32 Å². The fourth-order valence-electron chi connectivity index (χ4n) is 1.84. The van der Waals surface area contributed by atoms with Gasteiger partial charge in [0.2, 0.25) is 0 Å². The van der Waals surface area contributed by atoms with E-state index in [0.29, 0.717) is 18.0 Å². The first-order valence-corrected chi connectivity index (χ1v) is 7.25. The molecule has 5 nitrogen and oxygen atoms in total.